The van der Waals surface area contributed by atoms with Gasteiger partial charge in [0, 0.05) is 27.0 Å². The first kappa shape index (κ1) is 11.1. The van der Waals surface area contributed by atoms with Crippen molar-refractivity contribution in [2.45, 2.75) is 12.8 Å². The molecular formula is C7H13NO4. The number of methoxy groups -OCH3 is 1. The Hall–Kier alpha value is -0.940. The lowest BCUT2D eigenvalue weighted by Crippen LogP contribution is -2.27. The van der Waals surface area contributed by atoms with E-state index in [-0.39, 0.29) is 25.5 Å². The Morgan fingerprint density at radius 3 is 2.75 bits per heavy atom. The molecule has 0 unspecified atom stereocenters. The summed E-state index contributed by atoms with van der Waals surface area (Å²) in [6.45, 7) is 0.0311. The van der Waals surface area contributed by atoms with Gasteiger partial charge in [0.1, 0.15) is 6.29 Å². The van der Waals surface area contributed by atoms with Gasteiger partial charge in [-0.05, 0) is 0 Å². The number of hydroxylamine groups is 2. The maximum atomic E-state index is 11.0. The zero-order valence-corrected chi connectivity index (χ0v) is 7.28. The van der Waals surface area contributed by atoms with Crippen LogP contribution in [0.3, 0.4) is 0 Å². The highest BCUT2D eigenvalue weighted by atomic mass is 16.8. The van der Waals surface area contributed by atoms with Crippen molar-refractivity contribution in [1.29, 1.82) is 0 Å². The zero-order valence-electron chi connectivity index (χ0n) is 7.28. The number of ether oxygens (including phenoxy) is 1. The van der Waals surface area contributed by atoms with Crippen LogP contribution in [0.4, 0.5) is 0 Å². The molecule has 0 N–H and O–H groups in total. The predicted octanol–water partition coefficient (Wildman–Crippen LogP) is -0.0406. The van der Waals surface area contributed by atoms with Gasteiger partial charge in [-0.3, -0.25) is 4.79 Å². The molecule has 0 fully saturated rings. The molecule has 0 aromatic rings. The van der Waals surface area contributed by atoms with E-state index >= 15 is 0 Å². The first-order valence-electron chi connectivity index (χ1n) is 3.54. The first-order valence-corrected chi connectivity index (χ1v) is 3.54. The smallest absolute Gasteiger partial charge is 0.246 e. The van der Waals surface area contributed by atoms with Gasteiger partial charge in [-0.1, -0.05) is 0 Å². The normalized spacial score (nSPS) is 9.50. The minimum Gasteiger partial charge on any atom is -0.356 e. The minimum atomic E-state index is -0.237. The molecule has 0 aliphatic rings. The lowest BCUT2D eigenvalue weighted by molar-refractivity contribution is -0.209. The van der Waals surface area contributed by atoms with E-state index < -0.39 is 0 Å². The van der Waals surface area contributed by atoms with Crippen molar-refractivity contribution in [1.82, 2.24) is 5.06 Å². The van der Waals surface area contributed by atoms with Crippen LogP contribution in [0, 0.1) is 0 Å². The fourth-order valence-electron chi connectivity index (χ4n) is 0.544. The molecule has 0 saturated carbocycles. The largest absolute Gasteiger partial charge is 0.356 e. The number of nitrogens with zero attached hydrogens (tertiary/aromatic N) is 1. The third-order valence-electron chi connectivity index (χ3n) is 1.19. The summed E-state index contributed by atoms with van der Waals surface area (Å²) in [5, 5.41) is 1.06. The summed E-state index contributed by atoms with van der Waals surface area (Å²) in [6, 6.07) is 0. The Kier molecular flexibility index (Phi) is 6.22. The number of carbonyl (C=O) groups excluding carboxylic acids is 2. The molecule has 0 aliphatic carbocycles. The van der Waals surface area contributed by atoms with Gasteiger partial charge < -0.3 is 9.53 Å². The number of hydrogen-bond donors (Lipinski definition) is 0. The average molecular weight is 175 g/mol. The van der Waals surface area contributed by atoms with E-state index in [1.807, 2.05) is 0 Å². The molecule has 0 aromatic carbocycles. The van der Waals surface area contributed by atoms with Crippen molar-refractivity contribution in [2.24, 2.45) is 0 Å². The van der Waals surface area contributed by atoms with E-state index in [1.165, 1.54) is 14.2 Å². The molecule has 1 amide bonds. The molecule has 70 valence electrons. The third kappa shape index (κ3) is 4.81. The van der Waals surface area contributed by atoms with Crippen molar-refractivity contribution < 1.29 is 19.2 Å². The van der Waals surface area contributed by atoms with E-state index in [4.69, 9.17) is 4.84 Å². The summed E-state index contributed by atoms with van der Waals surface area (Å²) in [4.78, 5) is 25.7. The van der Waals surface area contributed by atoms with Gasteiger partial charge >= 0.3 is 0 Å². The van der Waals surface area contributed by atoms with Crippen LogP contribution in [0.25, 0.3) is 0 Å². The summed E-state index contributed by atoms with van der Waals surface area (Å²) in [6.07, 6.45) is 1.09. The highest BCUT2D eigenvalue weighted by Gasteiger charge is 2.07. The van der Waals surface area contributed by atoms with Gasteiger partial charge in [0.25, 0.3) is 0 Å². The number of hydrogen-bond acceptors (Lipinski definition) is 4. The minimum absolute atomic E-state index is 0.0311. The monoisotopic (exact) mass is 175 g/mol. The maximum Gasteiger partial charge on any atom is 0.246 e. The molecule has 12 heavy (non-hydrogen) atoms. The van der Waals surface area contributed by atoms with Crippen LogP contribution < -0.4 is 0 Å². The first-order chi connectivity index (χ1) is 5.72. The molecule has 0 bridgehead atoms. The Bertz CT molecular complexity index is 148. The Labute approximate surface area is 71.2 Å². The molecule has 5 heteroatoms. The van der Waals surface area contributed by atoms with E-state index in [1.54, 1.807) is 0 Å². The van der Waals surface area contributed by atoms with Crippen molar-refractivity contribution in [3.05, 3.63) is 0 Å². The number of carbonyl (C=O) groups is 2. The van der Waals surface area contributed by atoms with Crippen LogP contribution >= 0.6 is 0 Å². The molecule has 0 rings (SSSR count). The van der Waals surface area contributed by atoms with Gasteiger partial charge in [0.05, 0.1) is 0 Å². The van der Waals surface area contributed by atoms with Gasteiger partial charge in [-0.2, -0.15) is 0 Å². The zero-order chi connectivity index (χ0) is 9.40. The fraction of sp³-hybridized carbons (Fsp3) is 0.714. The van der Waals surface area contributed by atoms with Crippen molar-refractivity contribution >= 4 is 12.2 Å². The summed E-state index contributed by atoms with van der Waals surface area (Å²) in [7, 11) is 2.94. The fourth-order valence-corrected chi connectivity index (χ4v) is 0.544. The second-order valence-electron chi connectivity index (χ2n) is 2.13. The van der Waals surface area contributed by atoms with Crippen LogP contribution in [0.2, 0.25) is 0 Å². The molecule has 0 radical (unpaired) electrons. The second kappa shape index (κ2) is 6.75. The van der Waals surface area contributed by atoms with Crippen molar-refractivity contribution in [2.75, 3.05) is 21.0 Å². The molecule has 0 atom stereocenters. The second-order valence-corrected chi connectivity index (χ2v) is 2.13. The number of amides is 1. The summed E-state index contributed by atoms with van der Waals surface area (Å²) in [5.74, 6) is -0.237. The van der Waals surface area contributed by atoms with E-state index in [0.29, 0.717) is 6.29 Å². The molecule has 0 aromatic heterocycles. The van der Waals surface area contributed by atoms with Gasteiger partial charge in [0.2, 0.25) is 5.91 Å². The van der Waals surface area contributed by atoms with Gasteiger partial charge in [-0.15, -0.1) is 0 Å². The molecule has 0 saturated heterocycles. The van der Waals surface area contributed by atoms with Crippen LogP contribution in [0.5, 0.6) is 0 Å². The highest BCUT2D eigenvalue weighted by Crippen LogP contribution is 1.94. The van der Waals surface area contributed by atoms with E-state index in [0.717, 1.165) is 5.06 Å². The summed E-state index contributed by atoms with van der Waals surface area (Å²) in [5.41, 5.74) is 0. The Morgan fingerprint density at radius 1 is 1.58 bits per heavy atom. The van der Waals surface area contributed by atoms with Gasteiger partial charge in [0.15, 0.2) is 6.79 Å². The molecular weight excluding hydrogens is 162 g/mol. The lowest BCUT2D eigenvalue weighted by atomic mass is 10.3. The Balaban J connectivity index is 3.53. The van der Waals surface area contributed by atoms with E-state index in [9.17, 15) is 9.59 Å². The van der Waals surface area contributed by atoms with Crippen LogP contribution in [-0.2, 0) is 19.2 Å². The molecule has 0 heterocycles. The average Bonchev–Trinajstić information content (AvgIpc) is 2.10. The predicted molar refractivity (Wildman–Crippen MR) is 41.0 cm³/mol. The van der Waals surface area contributed by atoms with Crippen LogP contribution in [0.1, 0.15) is 12.8 Å². The lowest BCUT2D eigenvalue weighted by Gasteiger charge is -2.14. The standard InChI is InChI=1S/C7H13NO4/c1-8(12-6-11-2)7(10)4-3-5-9/h5H,3-4,6H2,1-2H3. The Morgan fingerprint density at radius 2 is 2.25 bits per heavy atom. The topological polar surface area (TPSA) is 55.8 Å². The quantitative estimate of drug-likeness (QED) is 0.323. The summed E-state index contributed by atoms with van der Waals surface area (Å²) < 4.78 is 4.58. The van der Waals surface area contributed by atoms with Crippen molar-refractivity contribution in [3.8, 4) is 0 Å². The maximum absolute atomic E-state index is 11.0. The molecule has 0 aliphatic heterocycles. The number of aldehydes is 1. The molecule has 0 spiro atoms. The summed E-state index contributed by atoms with van der Waals surface area (Å²) >= 11 is 0. The highest BCUT2D eigenvalue weighted by molar-refractivity contribution is 5.76. The molecule has 5 nitrogen and oxygen atoms in total. The van der Waals surface area contributed by atoms with Crippen LogP contribution in [0.15, 0.2) is 0 Å². The van der Waals surface area contributed by atoms with Gasteiger partial charge in [-0.25, -0.2) is 9.90 Å². The number of rotatable bonds is 6. The van der Waals surface area contributed by atoms with Crippen LogP contribution in [-0.4, -0.2) is 38.2 Å². The van der Waals surface area contributed by atoms with E-state index in [2.05, 4.69) is 4.74 Å². The SMILES string of the molecule is COCON(C)C(=O)CCC=O. The third-order valence-corrected chi connectivity index (χ3v) is 1.19. The van der Waals surface area contributed by atoms with Crippen molar-refractivity contribution in [3.63, 3.8) is 0 Å².